The third-order valence-electron chi connectivity index (χ3n) is 2.73. The van der Waals surface area contributed by atoms with E-state index in [0.29, 0.717) is 13.0 Å². The summed E-state index contributed by atoms with van der Waals surface area (Å²) in [6.45, 7) is 4.05. The number of carbonyl (C=O) groups is 2. The molecule has 3 N–H and O–H groups in total. The summed E-state index contributed by atoms with van der Waals surface area (Å²) in [5, 5.41) is 18.0. The van der Waals surface area contributed by atoms with Gasteiger partial charge in [0.2, 0.25) is 0 Å². The monoisotopic (exact) mass is 268 g/mol. The van der Waals surface area contributed by atoms with Crippen molar-refractivity contribution in [3.63, 3.8) is 0 Å². The number of hydrogen-bond donors (Lipinski definition) is 3. The second kappa shape index (κ2) is 6.21. The predicted octanol–water partition coefficient (Wildman–Crippen LogP) is 1.19. The summed E-state index contributed by atoms with van der Waals surface area (Å²) in [4.78, 5) is 24.0. The van der Waals surface area contributed by atoms with Crippen LogP contribution in [0.4, 0.5) is 4.79 Å². The van der Waals surface area contributed by atoms with Crippen LogP contribution in [0.5, 0.6) is 0 Å². The van der Waals surface area contributed by atoms with Crippen molar-refractivity contribution in [3.05, 3.63) is 18.0 Å². The number of nitrogens with one attached hydrogen (secondary N) is 2. The van der Waals surface area contributed by atoms with Crippen LogP contribution in [0.1, 0.15) is 32.3 Å². The Labute approximate surface area is 112 Å². The smallest absolute Gasteiger partial charge is 0.317 e. The number of urea groups is 1. The molecular formula is C12H20N4O3. The first kappa shape index (κ1) is 15.0. The normalized spacial score (nSPS) is 11.1. The van der Waals surface area contributed by atoms with Crippen molar-refractivity contribution in [3.8, 4) is 0 Å². The number of aromatic nitrogens is 2. The molecule has 0 saturated heterocycles. The van der Waals surface area contributed by atoms with Gasteiger partial charge in [0.05, 0.1) is 12.7 Å². The summed E-state index contributed by atoms with van der Waals surface area (Å²) in [6, 6.07) is -0.239. The Bertz CT molecular complexity index is 428. The number of carboxylic acids is 1. The van der Waals surface area contributed by atoms with E-state index in [1.54, 1.807) is 33.3 Å². The molecule has 1 heterocycles. The molecule has 0 saturated carbocycles. The highest BCUT2D eigenvalue weighted by Gasteiger charge is 2.23. The zero-order valence-corrected chi connectivity index (χ0v) is 11.4. The highest BCUT2D eigenvalue weighted by molar-refractivity contribution is 5.75. The molecule has 7 nitrogen and oxygen atoms in total. The molecule has 1 aromatic rings. The van der Waals surface area contributed by atoms with Crippen molar-refractivity contribution >= 4 is 12.0 Å². The van der Waals surface area contributed by atoms with Crippen LogP contribution >= 0.6 is 0 Å². The van der Waals surface area contributed by atoms with Gasteiger partial charge < -0.3 is 15.3 Å². The number of carbonyl (C=O) groups excluding carboxylic acids is 1. The quantitative estimate of drug-likeness (QED) is 0.721. The van der Waals surface area contributed by atoms with Crippen LogP contribution in [0, 0.1) is 0 Å². The number of rotatable bonds is 6. The van der Waals surface area contributed by atoms with Crippen molar-refractivity contribution in [2.75, 3.05) is 7.05 Å². The molecule has 19 heavy (non-hydrogen) atoms. The zero-order chi connectivity index (χ0) is 14.5. The average molecular weight is 268 g/mol. The van der Waals surface area contributed by atoms with Crippen LogP contribution in [-0.4, -0.2) is 44.8 Å². The van der Waals surface area contributed by atoms with Gasteiger partial charge in [-0.15, -0.1) is 0 Å². The molecule has 0 radical (unpaired) electrons. The fourth-order valence-corrected chi connectivity index (χ4v) is 1.58. The summed E-state index contributed by atoms with van der Waals surface area (Å²) in [5.41, 5.74) is 0.348. The molecular weight excluding hydrogens is 248 g/mol. The van der Waals surface area contributed by atoms with E-state index in [2.05, 4.69) is 15.5 Å². The van der Waals surface area contributed by atoms with Crippen molar-refractivity contribution < 1.29 is 14.7 Å². The van der Waals surface area contributed by atoms with Crippen LogP contribution in [0.2, 0.25) is 0 Å². The van der Waals surface area contributed by atoms with Gasteiger partial charge in [-0.1, -0.05) is 0 Å². The van der Waals surface area contributed by atoms with Crippen LogP contribution in [0.15, 0.2) is 12.4 Å². The highest BCUT2D eigenvalue weighted by Crippen LogP contribution is 2.12. The van der Waals surface area contributed by atoms with E-state index in [-0.39, 0.29) is 12.5 Å². The van der Waals surface area contributed by atoms with E-state index in [4.69, 9.17) is 5.11 Å². The molecule has 0 spiro atoms. The lowest BCUT2D eigenvalue weighted by atomic mass is 9.99. The van der Waals surface area contributed by atoms with E-state index >= 15 is 0 Å². The van der Waals surface area contributed by atoms with Gasteiger partial charge in [0.15, 0.2) is 0 Å². The molecule has 0 aliphatic rings. The van der Waals surface area contributed by atoms with Gasteiger partial charge in [-0.2, -0.15) is 5.10 Å². The minimum Gasteiger partial charge on any atom is -0.481 e. The first-order valence-corrected chi connectivity index (χ1v) is 6.03. The molecule has 1 rings (SSSR count). The van der Waals surface area contributed by atoms with Gasteiger partial charge in [-0.05, 0) is 20.3 Å². The molecule has 0 aromatic carbocycles. The molecule has 0 atom stereocenters. The molecule has 0 bridgehead atoms. The van der Waals surface area contributed by atoms with E-state index in [1.165, 1.54) is 4.90 Å². The minimum atomic E-state index is -0.867. The van der Waals surface area contributed by atoms with E-state index in [0.717, 1.165) is 5.56 Å². The third kappa shape index (κ3) is 5.41. The second-order valence-corrected chi connectivity index (χ2v) is 5.17. The van der Waals surface area contributed by atoms with E-state index < -0.39 is 11.5 Å². The van der Waals surface area contributed by atoms with Gasteiger partial charge in [-0.25, -0.2) is 4.79 Å². The van der Waals surface area contributed by atoms with Gasteiger partial charge in [0.1, 0.15) is 0 Å². The summed E-state index contributed by atoms with van der Waals surface area (Å²) < 4.78 is 0. The Kier molecular flexibility index (Phi) is 4.91. The maximum atomic E-state index is 12.0. The number of nitrogens with zero attached hydrogens (tertiary/aromatic N) is 2. The highest BCUT2D eigenvalue weighted by atomic mass is 16.4. The minimum absolute atomic E-state index is 0.0265. The van der Waals surface area contributed by atoms with Crippen LogP contribution in [-0.2, 0) is 11.3 Å². The molecule has 0 fully saturated rings. The Hall–Kier alpha value is -2.05. The topological polar surface area (TPSA) is 98.3 Å². The van der Waals surface area contributed by atoms with Gasteiger partial charge in [0.25, 0.3) is 0 Å². The third-order valence-corrected chi connectivity index (χ3v) is 2.73. The Morgan fingerprint density at radius 1 is 1.53 bits per heavy atom. The molecule has 106 valence electrons. The van der Waals surface area contributed by atoms with Crippen molar-refractivity contribution in [2.45, 2.75) is 38.8 Å². The second-order valence-electron chi connectivity index (χ2n) is 5.17. The fourth-order valence-electron chi connectivity index (χ4n) is 1.58. The van der Waals surface area contributed by atoms with Crippen LogP contribution < -0.4 is 5.32 Å². The van der Waals surface area contributed by atoms with Gasteiger partial charge in [0, 0.05) is 30.8 Å². The Balaban J connectivity index is 2.46. The molecule has 7 heteroatoms. The Morgan fingerprint density at radius 2 is 2.21 bits per heavy atom. The van der Waals surface area contributed by atoms with Crippen LogP contribution in [0.3, 0.4) is 0 Å². The van der Waals surface area contributed by atoms with Crippen molar-refractivity contribution in [1.29, 1.82) is 0 Å². The summed E-state index contributed by atoms with van der Waals surface area (Å²) in [7, 11) is 1.68. The summed E-state index contributed by atoms with van der Waals surface area (Å²) in [6.07, 6.45) is 3.78. The first-order chi connectivity index (χ1) is 8.80. The average Bonchev–Trinajstić information content (AvgIpc) is 2.78. The number of hydrogen-bond acceptors (Lipinski definition) is 3. The fraction of sp³-hybridized carbons (Fsp3) is 0.583. The summed E-state index contributed by atoms with van der Waals surface area (Å²) >= 11 is 0. The van der Waals surface area contributed by atoms with Gasteiger partial charge in [-0.3, -0.25) is 9.89 Å². The van der Waals surface area contributed by atoms with E-state index in [1.807, 2.05) is 0 Å². The molecule has 0 unspecified atom stereocenters. The first-order valence-electron chi connectivity index (χ1n) is 6.03. The van der Waals surface area contributed by atoms with Crippen molar-refractivity contribution in [2.24, 2.45) is 0 Å². The van der Waals surface area contributed by atoms with Gasteiger partial charge >= 0.3 is 12.0 Å². The number of aliphatic carboxylic acids is 1. The van der Waals surface area contributed by atoms with Crippen LogP contribution in [0.25, 0.3) is 0 Å². The number of H-pyrrole nitrogens is 1. The lowest BCUT2D eigenvalue weighted by molar-refractivity contribution is -0.137. The molecule has 2 amide bonds. The molecule has 0 aliphatic heterocycles. The maximum Gasteiger partial charge on any atom is 0.317 e. The summed E-state index contributed by atoms with van der Waals surface area (Å²) in [5.74, 6) is -0.867. The van der Waals surface area contributed by atoms with Crippen molar-refractivity contribution in [1.82, 2.24) is 20.4 Å². The Morgan fingerprint density at radius 3 is 2.74 bits per heavy atom. The van der Waals surface area contributed by atoms with E-state index in [9.17, 15) is 9.59 Å². The molecule has 1 aromatic heterocycles. The number of amides is 2. The SMILES string of the molecule is CN(Cc1cn[nH]c1)C(=O)NC(C)(C)CCC(=O)O. The lowest BCUT2D eigenvalue weighted by Crippen LogP contribution is -2.48. The molecule has 0 aliphatic carbocycles. The standard InChI is InChI=1S/C12H20N4O3/c1-12(2,5-4-10(17)18)15-11(19)16(3)8-9-6-13-14-7-9/h6-7H,4-5,8H2,1-3H3,(H,13,14)(H,15,19)(H,17,18). The predicted molar refractivity (Wildman–Crippen MR) is 69.5 cm³/mol. The lowest BCUT2D eigenvalue weighted by Gasteiger charge is -2.28. The zero-order valence-electron chi connectivity index (χ0n) is 11.4. The number of carboxylic acid groups (broad SMARTS) is 1. The number of aromatic amines is 1. The maximum absolute atomic E-state index is 12.0. The largest absolute Gasteiger partial charge is 0.481 e.